The van der Waals surface area contributed by atoms with Crippen LogP contribution in [0.2, 0.25) is 0 Å². The maximum absolute atomic E-state index is 12.2. The van der Waals surface area contributed by atoms with Gasteiger partial charge in [0.15, 0.2) is 5.82 Å². The molecular formula is C19H26N6O3. The van der Waals surface area contributed by atoms with E-state index in [0.717, 1.165) is 39.0 Å². The first-order valence-corrected chi connectivity index (χ1v) is 9.85. The van der Waals surface area contributed by atoms with Gasteiger partial charge in [0.1, 0.15) is 6.61 Å². The molecule has 2 aromatic rings. The second-order valence-electron chi connectivity index (χ2n) is 7.38. The van der Waals surface area contributed by atoms with E-state index in [2.05, 4.69) is 15.1 Å². The van der Waals surface area contributed by atoms with Crippen LogP contribution >= 0.6 is 0 Å². The number of morpholine rings is 1. The number of aromatic nitrogens is 4. The molecule has 2 saturated heterocycles. The number of ether oxygens (including phenoxy) is 1. The van der Waals surface area contributed by atoms with Crippen molar-refractivity contribution >= 4 is 5.91 Å². The number of rotatable bonds is 6. The van der Waals surface area contributed by atoms with Gasteiger partial charge in [-0.2, -0.15) is 5.10 Å². The first kappa shape index (κ1) is 18.8. The molecule has 0 atom stereocenters. The zero-order valence-electron chi connectivity index (χ0n) is 15.9. The largest absolute Gasteiger partial charge is 0.370 e. The van der Waals surface area contributed by atoms with E-state index in [0.29, 0.717) is 31.4 Å². The average Bonchev–Trinajstić information content (AvgIpc) is 3.25. The minimum absolute atomic E-state index is 0.0795. The van der Waals surface area contributed by atoms with Crippen LogP contribution in [0.4, 0.5) is 0 Å². The van der Waals surface area contributed by atoms with Crippen LogP contribution < -0.4 is 5.56 Å². The first-order chi connectivity index (χ1) is 13.7. The Bertz CT molecular complexity index is 842. The van der Waals surface area contributed by atoms with E-state index >= 15 is 0 Å². The normalized spacial score (nSPS) is 19.3. The zero-order chi connectivity index (χ0) is 19.3. The molecule has 0 N–H and O–H groups in total. The molecular weight excluding hydrogens is 360 g/mol. The van der Waals surface area contributed by atoms with E-state index in [1.807, 2.05) is 17.2 Å². The Morgan fingerprint density at radius 1 is 1.11 bits per heavy atom. The van der Waals surface area contributed by atoms with Gasteiger partial charge in [-0.05, 0) is 44.0 Å². The van der Waals surface area contributed by atoms with Crippen molar-refractivity contribution in [2.24, 2.45) is 5.92 Å². The van der Waals surface area contributed by atoms with Crippen molar-refractivity contribution in [1.29, 1.82) is 0 Å². The number of carbonyl (C=O) groups is 1. The third-order valence-electron chi connectivity index (χ3n) is 5.50. The third kappa shape index (κ3) is 4.48. The lowest BCUT2D eigenvalue weighted by Gasteiger charge is -2.34. The Balaban J connectivity index is 1.28. The molecule has 4 heterocycles. The minimum atomic E-state index is -0.0795. The van der Waals surface area contributed by atoms with Gasteiger partial charge in [-0.3, -0.25) is 9.59 Å². The molecule has 4 rings (SSSR count). The van der Waals surface area contributed by atoms with Crippen LogP contribution in [0.15, 0.2) is 35.4 Å². The summed E-state index contributed by atoms with van der Waals surface area (Å²) in [6, 6.07) is 5.08. The molecule has 2 aromatic heterocycles. The van der Waals surface area contributed by atoms with Crippen molar-refractivity contribution in [3.05, 3.63) is 40.9 Å². The molecule has 0 aliphatic carbocycles. The summed E-state index contributed by atoms with van der Waals surface area (Å²) in [4.78, 5) is 28.3. The predicted molar refractivity (Wildman–Crippen MR) is 102 cm³/mol. The van der Waals surface area contributed by atoms with Crippen molar-refractivity contribution in [3.8, 4) is 5.82 Å². The highest BCUT2D eigenvalue weighted by atomic mass is 16.5. The summed E-state index contributed by atoms with van der Waals surface area (Å²) in [5.74, 6) is 1.17. The molecule has 9 heteroatoms. The van der Waals surface area contributed by atoms with Crippen LogP contribution in [0.3, 0.4) is 0 Å². The first-order valence-electron chi connectivity index (χ1n) is 9.85. The number of hydrogen-bond donors (Lipinski definition) is 0. The van der Waals surface area contributed by atoms with Gasteiger partial charge in [0.25, 0.3) is 5.56 Å². The van der Waals surface area contributed by atoms with Crippen LogP contribution in [0.25, 0.3) is 5.82 Å². The number of hydrogen-bond acceptors (Lipinski definition) is 6. The summed E-state index contributed by atoms with van der Waals surface area (Å²) >= 11 is 0. The monoisotopic (exact) mass is 386 g/mol. The second kappa shape index (κ2) is 8.66. The third-order valence-corrected chi connectivity index (χ3v) is 5.50. The van der Waals surface area contributed by atoms with Crippen molar-refractivity contribution in [1.82, 2.24) is 29.4 Å². The average molecular weight is 386 g/mol. The molecule has 0 bridgehead atoms. The lowest BCUT2D eigenvalue weighted by atomic mass is 9.97. The molecule has 0 saturated carbocycles. The molecule has 0 aromatic carbocycles. The van der Waals surface area contributed by atoms with Gasteiger partial charge >= 0.3 is 0 Å². The number of carbonyl (C=O) groups excluding carboxylic acids is 1. The summed E-state index contributed by atoms with van der Waals surface area (Å²) in [5.41, 5.74) is -0.0795. The van der Waals surface area contributed by atoms with Crippen LogP contribution in [-0.4, -0.2) is 81.2 Å². The highest BCUT2D eigenvalue weighted by Crippen LogP contribution is 2.18. The SMILES string of the molecule is O=C1COCCN1CCN1CCC(Cn2nc(-n3cccn3)ccc2=O)CC1. The summed E-state index contributed by atoms with van der Waals surface area (Å²) < 4.78 is 8.39. The molecule has 0 unspecified atom stereocenters. The quantitative estimate of drug-likeness (QED) is 0.695. The molecule has 9 nitrogen and oxygen atoms in total. The highest BCUT2D eigenvalue weighted by Gasteiger charge is 2.23. The van der Waals surface area contributed by atoms with E-state index in [1.165, 1.54) is 0 Å². The molecule has 150 valence electrons. The van der Waals surface area contributed by atoms with E-state index in [-0.39, 0.29) is 18.1 Å². The van der Waals surface area contributed by atoms with E-state index in [1.54, 1.807) is 27.7 Å². The molecule has 2 aliphatic heterocycles. The van der Waals surface area contributed by atoms with E-state index in [9.17, 15) is 9.59 Å². The van der Waals surface area contributed by atoms with Crippen molar-refractivity contribution in [2.75, 3.05) is 45.9 Å². The summed E-state index contributed by atoms with van der Waals surface area (Å²) in [6.07, 6.45) is 5.56. The fourth-order valence-corrected chi connectivity index (χ4v) is 3.78. The minimum Gasteiger partial charge on any atom is -0.370 e. The van der Waals surface area contributed by atoms with Gasteiger partial charge in [-0.1, -0.05) is 0 Å². The van der Waals surface area contributed by atoms with Gasteiger partial charge in [-0.25, -0.2) is 9.36 Å². The van der Waals surface area contributed by atoms with Crippen LogP contribution in [-0.2, 0) is 16.1 Å². The number of amides is 1. The highest BCUT2D eigenvalue weighted by molar-refractivity contribution is 5.77. The van der Waals surface area contributed by atoms with Crippen molar-refractivity contribution < 1.29 is 9.53 Å². The van der Waals surface area contributed by atoms with Gasteiger partial charge < -0.3 is 14.5 Å². The Hall–Kier alpha value is -2.52. The second-order valence-corrected chi connectivity index (χ2v) is 7.38. The molecule has 0 radical (unpaired) electrons. The Morgan fingerprint density at radius 3 is 2.71 bits per heavy atom. The van der Waals surface area contributed by atoms with E-state index in [4.69, 9.17) is 4.74 Å². The Kier molecular flexibility index (Phi) is 5.82. The van der Waals surface area contributed by atoms with Gasteiger partial charge in [0.05, 0.1) is 6.61 Å². The maximum atomic E-state index is 12.2. The number of nitrogens with zero attached hydrogens (tertiary/aromatic N) is 6. The number of piperidine rings is 1. The van der Waals surface area contributed by atoms with Gasteiger partial charge in [-0.15, -0.1) is 5.10 Å². The fraction of sp³-hybridized carbons (Fsp3) is 0.579. The molecule has 2 fully saturated rings. The number of likely N-dealkylation sites (tertiary alicyclic amines) is 1. The maximum Gasteiger partial charge on any atom is 0.266 e. The Morgan fingerprint density at radius 2 is 1.96 bits per heavy atom. The van der Waals surface area contributed by atoms with Gasteiger partial charge in [0.2, 0.25) is 5.91 Å². The predicted octanol–water partition coefficient (Wildman–Crippen LogP) is -0.000200. The van der Waals surface area contributed by atoms with Crippen LogP contribution in [0.5, 0.6) is 0 Å². The topological polar surface area (TPSA) is 85.5 Å². The van der Waals surface area contributed by atoms with Crippen LogP contribution in [0.1, 0.15) is 12.8 Å². The molecule has 1 amide bonds. The molecule has 28 heavy (non-hydrogen) atoms. The summed E-state index contributed by atoms with van der Waals surface area (Å²) in [5, 5.41) is 8.64. The molecule has 2 aliphatic rings. The summed E-state index contributed by atoms with van der Waals surface area (Å²) in [6.45, 7) is 5.79. The van der Waals surface area contributed by atoms with E-state index < -0.39 is 0 Å². The standard InChI is InChI=1S/C19H26N6O3/c26-18-3-2-17(24-7-1-6-20-24)21-25(18)14-16-4-8-22(9-5-16)10-11-23-12-13-28-15-19(23)27/h1-3,6-7,16H,4-5,8-15H2. The smallest absolute Gasteiger partial charge is 0.266 e. The molecule has 0 spiro atoms. The van der Waals surface area contributed by atoms with Gasteiger partial charge in [0, 0.05) is 44.6 Å². The fourth-order valence-electron chi connectivity index (χ4n) is 3.78. The van der Waals surface area contributed by atoms with Crippen molar-refractivity contribution in [2.45, 2.75) is 19.4 Å². The summed E-state index contributed by atoms with van der Waals surface area (Å²) in [7, 11) is 0. The van der Waals surface area contributed by atoms with Crippen molar-refractivity contribution in [3.63, 3.8) is 0 Å². The Labute approximate surface area is 163 Å². The lowest BCUT2D eigenvalue weighted by Crippen LogP contribution is -2.46. The lowest BCUT2D eigenvalue weighted by molar-refractivity contribution is -0.142. The van der Waals surface area contributed by atoms with Crippen LogP contribution in [0, 0.1) is 5.92 Å². The zero-order valence-corrected chi connectivity index (χ0v) is 15.9.